The van der Waals surface area contributed by atoms with Gasteiger partial charge in [0.05, 0.1) is 5.69 Å². The van der Waals surface area contributed by atoms with Crippen LogP contribution >= 0.6 is 0 Å². The number of amides is 1. The fourth-order valence-electron chi connectivity index (χ4n) is 2.83. The molecule has 6 nitrogen and oxygen atoms in total. The summed E-state index contributed by atoms with van der Waals surface area (Å²) in [6.07, 6.45) is 1.73. The van der Waals surface area contributed by atoms with Gasteiger partial charge in [-0.3, -0.25) is 4.79 Å². The van der Waals surface area contributed by atoms with Gasteiger partial charge in [0.25, 0.3) is 5.91 Å². The smallest absolute Gasteiger partial charge is 0.255 e. The molecule has 1 amide bonds. The van der Waals surface area contributed by atoms with E-state index in [1.54, 1.807) is 30.3 Å². The topological polar surface area (TPSA) is 115 Å². The first kappa shape index (κ1) is 18.7. The van der Waals surface area contributed by atoms with E-state index in [0.29, 0.717) is 28.1 Å². The van der Waals surface area contributed by atoms with Crippen molar-refractivity contribution in [2.75, 3.05) is 12.3 Å². The van der Waals surface area contributed by atoms with Crippen LogP contribution in [0, 0.1) is 11.3 Å². The number of para-hydroxylation sites is 1. The van der Waals surface area contributed by atoms with Gasteiger partial charge in [-0.15, -0.1) is 0 Å². The van der Waals surface area contributed by atoms with Gasteiger partial charge in [0.15, 0.2) is 6.61 Å². The molecule has 28 heavy (non-hydrogen) atoms. The van der Waals surface area contributed by atoms with E-state index in [4.69, 9.17) is 16.2 Å². The van der Waals surface area contributed by atoms with Gasteiger partial charge >= 0.3 is 0 Å². The van der Waals surface area contributed by atoms with Crippen LogP contribution in [0.1, 0.15) is 11.1 Å². The van der Waals surface area contributed by atoms with E-state index in [1.165, 1.54) is 0 Å². The molecule has 3 rings (SSSR count). The predicted molar refractivity (Wildman–Crippen MR) is 109 cm³/mol. The molecule has 0 spiro atoms. The molecule has 6 heteroatoms. The average Bonchev–Trinajstić information content (AvgIpc) is 2.71. The summed E-state index contributed by atoms with van der Waals surface area (Å²) in [4.78, 5) is 15.4. The Balaban J connectivity index is 2.17. The SMILES string of the molecule is C=Cc1cccc(-c2cc(-c3ccccc3OCC(N)=O)nc(N)c2C#N)c1. The molecule has 4 N–H and O–H groups in total. The van der Waals surface area contributed by atoms with Crippen molar-refractivity contribution in [3.05, 3.63) is 72.3 Å². The highest BCUT2D eigenvalue weighted by molar-refractivity contribution is 5.82. The average molecular weight is 370 g/mol. The molecule has 0 bridgehead atoms. The first-order valence-corrected chi connectivity index (χ1v) is 8.47. The highest BCUT2D eigenvalue weighted by atomic mass is 16.5. The van der Waals surface area contributed by atoms with Gasteiger partial charge in [-0.1, -0.05) is 43.0 Å². The van der Waals surface area contributed by atoms with Crippen molar-refractivity contribution < 1.29 is 9.53 Å². The van der Waals surface area contributed by atoms with Gasteiger partial charge in [0, 0.05) is 11.1 Å². The Morgan fingerprint density at radius 1 is 1.18 bits per heavy atom. The fraction of sp³-hybridized carbons (Fsp3) is 0.0455. The molecule has 0 aliphatic heterocycles. The number of anilines is 1. The maximum absolute atomic E-state index is 11.1. The van der Waals surface area contributed by atoms with E-state index in [1.807, 2.05) is 30.3 Å². The van der Waals surface area contributed by atoms with Crippen molar-refractivity contribution in [2.24, 2.45) is 5.73 Å². The largest absolute Gasteiger partial charge is 0.483 e. The van der Waals surface area contributed by atoms with Crippen LogP contribution in [0.15, 0.2) is 61.2 Å². The summed E-state index contributed by atoms with van der Waals surface area (Å²) < 4.78 is 5.50. The van der Waals surface area contributed by atoms with E-state index in [2.05, 4.69) is 17.6 Å². The summed E-state index contributed by atoms with van der Waals surface area (Å²) in [5, 5.41) is 9.58. The standard InChI is InChI=1S/C22H18N4O2/c1-2-14-6-5-7-15(10-14)17-11-19(26-22(25)18(17)12-23)16-8-3-4-9-20(16)28-13-21(24)27/h2-11H,1,13H2,(H2,24,27)(H2,25,26). The molecular weight excluding hydrogens is 352 g/mol. The number of nitrogens with zero attached hydrogens (tertiary/aromatic N) is 2. The molecule has 0 atom stereocenters. The number of nitrogen functional groups attached to an aromatic ring is 1. The van der Waals surface area contributed by atoms with E-state index in [-0.39, 0.29) is 12.4 Å². The van der Waals surface area contributed by atoms with Crippen LogP contribution in [0.2, 0.25) is 0 Å². The number of nitriles is 1. The predicted octanol–water partition coefficient (Wildman–Crippen LogP) is 3.38. The monoisotopic (exact) mass is 370 g/mol. The Hall–Kier alpha value is -4.11. The Morgan fingerprint density at radius 3 is 2.68 bits per heavy atom. The zero-order chi connectivity index (χ0) is 20.1. The minimum Gasteiger partial charge on any atom is -0.483 e. The van der Waals surface area contributed by atoms with Crippen molar-refractivity contribution in [3.8, 4) is 34.2 Å². The number of primary amides is 1. The minimum atomic E-state index is -0.580. The van der Waals surface area contributed by atoms with Crippen molar-refractivity contribution in [1.82, 2.24) is 4.98 Å². The number of aromatic nitrogens is 1. The zero-order valence-electron chi connectivity index (χ0n) is 15.1. The first-order valence-electron chi connectivity index (χ1n) is 8.47. The van der Waals surface area contributed by atoms with Crippen LogP contribution in [0.4, 0.5) is 5.82 Å². The summed E-state index contributed by atoms with van der Waals surface area (Å²) in [5.41, 5.74) is 15.1. The summed E-state index contributed by atoms with van der Waals surface area (Å²) in [6, 6.07) is 18.6. The highest BCUT2D eigenvalue weighted by Gasteiger charge is 2.16. The Bertz CT molecular complexity index is 1100. The summed E-state index contributed by atoms with van der Waals surface area (Å²) in [5.74, 6) is -0.0172. The van der Waals surface area contributed by atoms with Gasteiger partial charge in [-0.25, -0.2) is 4.98 Å². The van der Waals surface area contributed by atoms with Gasteiger partial charge in [0.2, 0.25) is 0 Å². The van der Waals surface area contributed by atoms with E-state index in [9.17, 15) is 10.1 Å². The maximum Gasteiger partial charge on any atom is 0.255 e. The van der Waals surface area contributed by atoms with Crippen LogP contribution in [0.25, 0.3) is 28.5 Å². The summed E-state index contributed by atoms with van der Waals surface area (Å²) in [6.45, 7) is 3.53. The molecule has 138 valence electrons. The number of nitrogens with two attached hydrogens (primary N) is 2. The lowest BCUT2D eigenvalue weighted by molar-refractivity contribution is -0.119. The van der Waals surface area contributed by atoms with Crippen molar-refractivity contribution in [2.45, 2.75) is 0 Å². The lowest BCUT2D eigenvalue weighted by Crippen LogP contribution is -2.20. The minimum absolute atomic E-state index is 0.115. The molecule has 2 aromatic carbocycles. The number of carbonyl (C=O) groups is 1. The third-order valence-corrected chi connectivity index (χ3v) is 4.13. The molecule has 1 heterocycles. The molecule has 0 aliphatic rings. The number of pyridine rings is 1. The number of carbonyl (C=O) groups excluding carboxylic acids is 1. The van der Waals surface area contributed by atoms with Crippen molar-refractivity contribution in [3.63, 3.8) is 0 Å². The fourth-order valence-corrected chi connectivity index (χ4v) is 2.83. The van der Waals surface area contributed by atoms with Crippen LogP contribution in [-0.4, -0.2) is 17.5 Å². The highest BCUT2D eigenvalue weighted by Crippen LogP contribution is 2.35. The molecule has 0 aliphatic carbocycles. The maximum atomic E-state index is 11.1. The quantitative estimate of drug-likeness (QED) is 0.690. The normalized spacial score (nSPS) is 10.1. The van der Waals surface area contributed by atoms with Gasteiger partial charge in [0.1, 0.15) is 23.2 Å². The van der Waals surface area contributed by atoms with Crippen molar-refractivity contribution >= 4 is 17.8 Å². The van der Waals surface area contributed by atoms with Crippen LogP contribution in [0.3, 0.4) is 0 Å². The zero-order valence-corrected chi connectivity index (χ0v) is 15.1. The molecule has 0 saturated heterocycles. The van der Waals surface area contributed by atoms with Crippen molar-refractivity contribution in [1.29, 1.82) is 5.26 Å². The van der Waals surface area contributed by atoms with E-state index in [0.717, 1.165) is 11.1 Å². The van der Waals surface area contributed by atoms with Gasteiger partial charge in [-0.2, -0.15) is 5.26 Å². The lowest BCUT2D eigenvalue weighted by Gasteiger charge is -2.13. The molecule has 0 unspecified atom stereocenters. The Morgan fingerprint density at radius 2 is 1.96 bits per heavy atom. The number of hydrogen-bond acceptors (Lipinski definition) is 5. The van der Waals surface area contributed by atoms with Crippen LogP contribution in [0.5, 0.6) is 5.75 Å². The molecule has 0 saturated carbocycles. The summed E-state index contributed by atoms with van der Waals surface area (Å²) in [7, 11) is 0. The lowest BCUT2D eigenvalue weighted by atomic mass is 9.97. The summed E-state index contributed by atoms with van der Waals surface area (Å²) >= 11 is 0. The molecule has 0 radical (unpaired) electrons. The number of ether oxygens (including phenoxy) is 1. The molecule has 0 fully saturated rings. The second-order valence-electron chi connectivity index (χ2n) is 6.01. The number of benzene rings is 2. The van der Waals surface area contributed by atoms with Gasteiger partial charge in [-0.05, 0) is 35.4 Å². The van der Waals surface area contributed by atoms with E-state index >= 15 is 0 Å². The molecule has 1 aromatic heterocycles. The van der Waals surface area contributed by atoms with Crippen LogP contribution in [-0.2, 0) is 4.79 Å². The first-order chi connectivity index (χ1) is 13.5. The number of hydrogen-bond donors (Lipinski definition) is 2. The van der Waals surface area contributed by atoms with Gasteiger partial charge < -0.3 is 16.2 Å². The number of rotatable bonds is 6. The Labute approximate surface area is 162 Å². The second kappa shape index (κ2) is 8.06. The molecule has 3 aromatic rings. The van der Waals surface area contributed by atoms with Crippen LogP contribution < -0.4 is 16.2 Å². The third kappa shape index (κ3) is 3.84. The van der Waals surface area contributed by atoms with E-state index < -0.39 is 5.91 Å². The molecular formula is C22H18N4O2. The Kier molecular flexibility index (Phi) is 5.38. The third-order valence-electron chi connectivity index (χ3n) is 4.13. The second-order valence-corrected chi connectivity index (χ2v) is 6.01.